The van der Waals surface area contributed by atoms with Crippen molar-refractivity contribution >= 4 is 0 Å². The van der Waals surface area contributed by atoms with Gasteiger partial charge in [0.15, 0.2) is 0 Å². The number of nitrogens with zero attached hydrogens (tertiary/aromatic N) is 1. The number of hydrogen-bond donors (Lipinski definition) is 3. The van der Waals surface area contributed by atoms with Gasteiger partial charge in [0.1, 0.15) is 6.10 Å². The molecule has 0 spiro atoms. The van der Waals surface area contributed by atoms with Crippen LogP contribution < -0.4 is 0 Å². The molecule has 2 rings (SSSR count). The van der Waals surface area contributed by atoms with Gasteiger partial charge in [0.2, 0.25) is 0 Å². The number of methoxy groups -OCH3 is 1. The van der Waals surface area contributed by atoms with E-state index in [1.165, 1.54) is 5.56 Å². The molecule has 1 saturated heterocycles. The Balaban J connectivity index is 2.11. The maximum Gasteiger partial charge on any atom is 0.109 e. The van der Waals surface area contributed by atoms with Crippen LogP contribution in [0.25, 0.3) is 0 Å². The first-order valence-corrected chi connectivity index (χ1v) is 7.87. The third kappa shape index (κ3) is 3.86. The SMILES string of the molecule is CO[C@H]1CN(C[C@H](C)c2ccccc2)[C@H](CCO)[C@@H](O)[C@@H]1O. The Labute approximate surface area is 132 Å². The molecule has 1 aliphatic rings. The molecule has 3 N–H and O–H groups in total. The minimum absolute atomic E-state index is 0.0116. The number of likely N-dealkylation sites (tertiary alicyclic amines) is 1. The number of rotatable bonds is 6. The zero-order chi connectivity index (χ0) is 16.1. The molecule has 5 atom stereocenters. The van der Waals surface area contributed by atoms with Crippen LogP contribution in [0.3, 0.4) is 0 Å². The molecule has 1 aromatic rings. The van der Waals surface area contributed by atoms with Gasteiger partial charge in [-0.2, -0.15) is 0 Å². The van der Waals surface area contributed by atoms with Crippen LogP contribution in [0.4, 0.5) is 0 Å². The van der Waals surface area contributed by atoms with E-state index in [9.17, 15) is 15.3 Å². The van der Waals surface area contributed by atoms with Gasteiger partial charge in [-0.3, -0.25) is 4.90 Å². The molecule has 0 amide bonds. The lowest BCUT2D eigenvalue weighted by Crippen LogP contribution is -2.62. The van der Waals surface area contributed by atoms with Crippen LogP contribution in [0.2, 0.25) is 0 Å². The van der Waals surface area contributed by atoms with E-state index in [-0.39, 0.29) is 12.6 Å². The minimum Gasteiger partial charge on any atom is -0.396 e. The normalized spacial score (nSPS) is 31.1. The van der Waals surface area contributed by atoms with Crippen LogP contribution >= 0.6 is 0 Å². The van der Waals surface area contributed by atoms with Crippen LogP contribution in [-0.4, -0.2) is 71.4 Å². The van der Waals surface area contributed by atoms with E-state index in [0.29, 0.717) is 18.9 Å². The molecule has 0 bridgehead atoms. The number of aliphatic hydroxyl groups is 3. The molecule has 1 heterocycles. The highest BCUT2D eigenvalue weighted by Crippen LogP contribution is 2.26. The average molecular weight is 309 g/mol. The summed E-state index contributed by atoms with van der Waals surface area (Å²) in [4.78, 5) is 2.12. The Morgan fingerprint density at radius 3 is 2.50 bits per heavy atom. The van der Waals surface area contributed by atoms with Crippen molar-refractivity contribution in [1.82, 2.24) is 4.90 Å². The van der Waals surface area contributed by atoms with Crippen LogP contribution in [0.1, 0.15) is 24.8 Å². The molecule has 1 fully saturated rings. The largest absolute Gasteiger partial charge is 0.396 e. The molecule has 0 radical (unpaired) electrons. The predicted molar refractivity (Wildman–Crippen MR) is 84.7 cm³/mol. The van der Waals surface area contributed by atoms with Gasteiger partial charge in [-0.1, -0.05) is 37.3 Å². The molecule has 0 aromatic heterocycles. The van der Waals surface area contributed by atoms with Gasteiger partial charge < -0.3 is 20.1 Å². The number of aliphatic hydroxyl groups excluding tert-OH is 3. The highest BCUT2D eigenvalue weighted by molar-refractivity contribution is 5.19. The summed E-state index contributed by atoms with van der Waals surface area (Å²) >= 11 is 0. The first-order valence-electron chi connectivity index (χ1n) is 7.87. The van der Waals surface area contributed by atoms with Crippen molar-refractivity contribution in [2.75, 3.05) is 26.8 Å². The molecule has 0 saturated carbocycles. The summed E-state index contributed by atoms with van der Waals surface area (Å²) in [6, 6.07) is 9.96. The molecule has 5 heteroatoms. The number of benzene rings is 1. The number of ether oxygens (including phenoxy) is 1. The number of hydrogen-bond acceptors (Lipinski definition) is 5. The second-order valence-corrected chi connectivity index (χ2v) is 6.10. The Morgan fingerprint density at radius 2 is 1.91 bits per heavy atom. The van der Waals surface area contributed by atoms with E-state index < -0.39 is 18.3 Å². The van der Waals surface area contributed by atoms with E-state index in [1.54, 1.807) is 7.11 Å². The van der Waals surface area contributed by atoms with Crippen LogP contribution in [0.5, 0.6) is 0 Å². The van der Waals surface area contributed by atoms with E-state index in [1.807, 2.05) is 18.2 Å². The van der Waals surface area contributed by atoms with Crippen molar-refractivity contribution in [3.8, 4) is 0 Å². The van der Waals surface area contributed by atoms with E-state index >= 15 is 0 Å². The van der Waals surface area contributed by atoms with Gasteiger partial charge in [-0.15, -0.1) is 0 Å². The molecule has 0 aliphatic carbocycles. The maximum absolute atomic E-state index is 10.3. The second-order valence-electron chi connectivity index (χ2n) is 6.10. The first kappa shape index (κ1) is 17.4. The maximum atomic E-state index is 10.3. The third-order valence-electron chi connectivity index (χ3n) is 4.61. The van der Waals surface area contributed by atoms with E-state index in [2.05, 4.69) is 24.0 Å². The fraction of sp³-hybridized carbons (Fsp3) is 0.647. The molecule has 1 aliphatic heterocycles. The fourth-order valence-electron chi connectivity index (χ4n) is 3.29. The molecule has 22 heavy (non-hydrogen) atoms. The van der Waals surface area contributed by atoms with Crippen LogP contribution in [-0.2, 0) is 4.74 Å². The fourth-order valence-corrected chi connectivity index (χ4v) is 3.29. The second kappa shape index (κ2) is 8.04. The highest BCUT2D eigenvalue weighted by atomic mass is 16.5. The zero-order valence-electron chi connectivity index (χ0n) is 13.3. The predicted octanol–water partition coefficient (Wildman–Crippen LogP) is 0.593. The molecule has 124 valence electrons. The van der Waals surface area contributed by atoms with Gasteiger partial charge >= 0.3 is 0 Å². The summed E-state index contributed by atoms with van der Waals surface area (Å²) in [6.45, 7) is 3.43. The topological polar surface area (TPSA) is 73.2 Å². The lowest BCUT2D eigenvalue weighted by Gasteiger charge is -2.45. The lowest BCUT2D eigenvalue weighted by molar-refractivity contribution is -0.150. The number of piperidine rings is 1. The quantitative estimate of drug-likeness (QED) is 0.717. The minimum atomic E-state index is -0.912. The van der Waals surface area contributed by atoms with Crippen molar-refractivity contribution in [2.45, 2.75) is 43.6 Å². The van der Waals surface area contributed by atoms with Crippen molar-refractivity contribution in [3.63, 3.8) is 0 Å². The third-order valence-corrected chi connectivity index (χ3v) is 4.61. The van der Waals surface area contributed by atoms with Gasteiger partial charge in [0.25, 0.3) is 0 Å². The Morgan fingerprint density at radius 1 is 1.23 bits per heavy atom. The lowest BCUT2D eigenvalue weighted by atomic mass is 9.90. The van der Waals surface area contributed by atoms with Gasteiger partial charge in [-0.05, 0) is 17.9 Å². The summed E-state index contributed by atoms with van der Waals surface area (Å²) < 4.78 is 5.30. The molecule has 5 nitrogen and oxygen atoms in total. The van der Waals surface area contributed by atoms with Crippen molar-refractivity contribution in [2.24, 2.45) is 0 Å². The standard InChI is InChI=1S/C17H27NO4/c1-12(13-6-4-3-5-7-13)10-18-11-15(22-2)17(21)16(20)14(18)8-9-19/h3-7,12,14-17,19-21H,8-11H2,1-2H3/t12-,14+,15-,16+,17+/m0/s1. The van der Waals surface area contributed by atoms with Gasteiger partial charge in [0, 0.05) is 32.8 Å². The average Bonchev–Trinajstić information content (AvgIpc) is 2.55. The van der Waals surface area contributed by atoms with Crippen LogP contribution in [0, 0.1) is 0 Å². The van der Waals surface area contributed by atoms with Crippen molar-refractivity contribution in [3.05, 3.63) is 35.9 Å². The Bertz CT molecular complexity index is 442. The van der Waals surface area contributed by atoms with E-state index in [4.69, 9.17) is 4.74 Å². The molecule has 1 aromatic carbocycles. The van der Waals surface area contributed by atoms with Crippen LogP contribution in [0.15, 0.2) is 30.3 Å². The molecular formula is C17H27NO4. The summed E-state index contributed by atoms with van der Waals surface area (Å²) in [6.07, 6.45) is -1.79. The summed E-state index contributed by atoms with van der Waals surface area (Å²) in [5.41, 5.74) is 1.24. The van der Waals surface area contributed by atoms with Gasteiger partial charge in [-0.25, -0.2) is 0 Å². The zero-order valence-corrected chi connectivity index (χ0v) is 13.3. The molecule has 0 unspecified atom stereocenters. The molecular weight excluding hydrogens is 282 g/mol. The summed E-state index contributed by atoms with van der Waals surface area (Å²) in [5.74, 6) is 0.294. The Hall–Kier alpha value is -0.980. The Kier molecular flexibility index (Phi) is 6.35. The van der Waals surface area contributed by atoms with E-state index in [0.717, 1.165) is 6.54 Å². The monoisotopic (exact) mass is 309 g/mol. The van der Waals surface area contributed by atoms with Crippen molar-refractivity contribution in [1.29, 1.82) is 0 Å². The van der Waals surface area contributed by atoms with Gasteiger partial charge in [0.05, 0.1) is 12.2 Å². The first-order chi connectivity index (χ1) is 10.6. The summed E-state index contributed by atoms with van der Waals surface area (Å²) in [7, 11) is 1.55. The highest BCUT2D eigenvalue weighted by Gasteiger charge is 2.42. The summed E-state index contributed by atoms with van der Waals surface area (Å²) in [5, 5.41) is 29.7. The smallest absolute Gasteiger partial charge is 0.109 e. The van der Waals surface area contributed by atoms with Crippen molar-refractivity contribution < 1.29 is 20.1 Å².